The molecule has 0 saturated carbocycles. The molecule has 0 bridgehead atoms. The molecule has 0 aliphatic rings. The van der Waals surface area contributed by atoms with Crippen molar-refractivity contribution in [2.45, 2.75) is 6.92 Å². The molecule has 0 unspecified atom stereocenters. The Morgan fingerprint density at radius 3 is 2.90 bits per heavy atom. The van der Waals surface area contributed by atoms with Crippen LogP contribution in [0.4, 0.5) is 0 Å². The predicted octanol–water partition coefficient (Wildman–Crippen LogP) is 2.69. The van der Waals surface area contributed by atoms with Gasteiger partial charge in [0.15, 0.2) is 5.82 Å². The number of halogens is 1. The third kappa shape index (κ3) is 2.30. The van der Waals surface area contributed by atoms with E-state index in [2.05, 4.69) is 31.0 Å². The summed E-state index contributed by atoms with van der Waals surface area (Å²) >= 11 is 3.35. The van der Waals surface area contributed by atoms with Crippen LogP contribution in [0, 0.1) is 6.92 Å². The van der Waals surface area contributed by atoms with E-state index in [1.54, 1.807) is 24.8 Å². The van der Waals surface area contributed by atoms with Crippen LogP contribution < -0.4 is 5.56 Å². The second kappa shape index (κ2) is 5.05. The number of hydrogen-bond acceptors (Lipinski definition) is 3. The van der Waals surface area contributed by atoms with Gasteiger partial charge in [-0.25, -0.2) is 9.67 Å². The predicted molar refractivity (Wildman–Crippen MR) is 79.9 cm³/mol. The quantitative estimate of drug-likeness (QED) is 0.785. The van der Waals surface area contributed by atoms with Gasteiger partial charge in [0.25, 0.3) is 5.56 Å². The normalized spacial score (nSPS) is 10.7. The Morgan fingerprint density at radius 2 is 2.15 bits per heavy atom. The second-order valence-corrected chi connectivity index (χ2v) is 5.33. The zero-order valence-corrected chi connectivity index (χ0v) is 12.3. The Balaban J connectivity index is 2.12. The lowest BCUT2D eigenvalue weighted by molar-refractivity contribution is 0.817. The first-order valence-corrected chi connectivity index (χ1v) is 6.79. The van der Waals surface area contributed by atoms with E-state index in [4.69, 9.17) is 0 Å². The maximum Gasteiger partial charge on any atom is 0.280 e. The van der Waals surface area contributed by atoms with Crippen LogP contribution in [0.15, 0.2) is 52.3 Å². The van der Waals surface area contributed by atoms with Crippen molar-refractivity contribution in [1.29, 1.82) is 0 Å². The summed E-state index contributed by atoms with van der Waals surface area (Å²) in [7, 11) is 0. The van der Waals surface area contributed by atoms with Crippen molar-refractivity contribution in [3.63, 3.8) is 0 Å². The number of H-pyrrole nitrogens is 1. The van der Waals surface area contributed by atoms with Crippen LogP contribution in [0.25, 0.3) is 16.9 Å². The smallest absolute Gasteiger partial charge is 0.280 e. The monoisotopic (exact) mass is 330 g/mol. The Kier molecular flexibility index (Phi) is 3.23. The van der Waals surface area contributed by atoms with E-state index in [1.165, 1.54) is 4.68 Å². The lowest BCUT2D eigenvalue weighted by atomic mass is 10.2. The third-order valence-electron chi connectivity index (χ3n) is 2.92. The number of aromatic nitrogens is 4. The number of nitrogens with one attached hydrogen (secondary N) is 1. The Bertz CT molecular complexity index is 756. The average Bonchev–Trinajstić information content (AvgIpc) is 2.80. The zero-order valence-electron chi connectivity index (χ0n) is 10.7. The highest BCUT2D eigenvalue weighted by atomic mass is 79.9. The minimum absolute atomic E-state index is 0.150. The molecule has 3 aromatic heterocycles. The fourth-order valence-corrected chi connectivity index (χ4v) is 2.31. The van der Waals surface area contributed by atoms with Gasteiger partial charge in [-0.2, -0.15) is 0 Å². The van der Waals surface area contributed by atoms with Gasteiger partial charge in [-0.1, -0.05) is 0 Å². The molecule has 0 aromatic carbocycles. The summed E-state index contributed by atoms with van der Waals surface area (Å²) in [4.78, 5) is 20.7. The maximum atomic E-state index is 12.4. The van der Waals surface area contributed by atoms with Gasteiger partial charge in [0.2, 0.25) is 0 Å². The number of hydrogen-bond donors (Lipinski definition) is 1. The van der Waals surface area contributed by atoms with Crippen LogP contribution in [-0.4, -0.2) is 19.7 Å². The van der Waals surface area contributed by atoms with E-state index in [0.717, 1.165) is 15.6 Å². The molecule has 3 aromatic rings. The van der Waals surface area contributed by atoms with Gasteiger partial charge < -0.3 is 0 Å². The van der Waals surface area contributed by atoms with Gasteiger partial charge in [-0.3, -0.25) is 14.9 Å². The van der Waals surface area contributed by atoms with E-state index in [1.807, 2.05) is 25.1 Å². The molecule has 3 rings (SSSR count). The summed E-state index contributed by atoms with van der Waals surface area (Å²) in [5.74, 6) is 0.573. The van der Waals surface area contributed by atoms with Crippen LogP contribution >= 0.6 is 15.9 Å². The lowest BCUT2D eigenvalue weighted by Gasteiger charge is -2.01. The highest BCUT2D eigenvalue weighted by Crippen LogP contribution is 2.18. The van der Waals surface area contributed by atoms with E-state index < -0.39 is 0 Å². The van der Waals surface area contributed by atoms with Crippen LogP contribution in [-0.2, 0) is 0 Å². The molecule has 0 aliphatic heterocycles. The molecule has 0 radical (unpaired) electrons. The van der Waals surface area contributed by atoms with Gasteiger partial charge >= 0.3 is 0 Å². The van der Waals surface area contributed by atoms with Crippen molar-refractivity contribution in [3.8, 4) is 16.9 Å². The van der Waals surface area contributed by atoms with Crippen molar-refractivity contribution in [2.75, 3.05) is 0 Å². The fourth-order valence-electron chi connectivity index (χ4n) is 1.95. The number of rotatable bonds is 2. The van der Waals surface area contributed by atoms with Crippen molar-refractivity contribution in [3.05, 3.63) is 63.4 Å². The van der Waals surface area contributed by atoms with Crippen molar-refractivity contribution >= 4 is 15.9 Å². The molecule has 100 valence electrons. The minimum Gasteiger partial charge on any atom is -0.296 e. The van der Waals surface area contributed by atoms with Crippen molar-refractivity contribution < 1.29 is 0 Å². The summed E-state index contributed by atoms with van der Waals surface area (Å²) < 4.78 is 2.25. The molecular formula is C14H11BrN4O. The summed E-state index contributed by atoms with van der Waals surface area (Å²) in [6.45, 7) is 1.96. The largest absolute Gasteiger partial charge is 0.296 e. The Morgan fingerprint density at radius 1 is 1.30 bits per heavy atom. The van der Waals surface area contributed by atoms with Gasteiger partial charge in [-0.15, -0.1) is 0 Å². The molecule has 0 spiro atoms. The molecule has 20 heavy (non-hydrogen) atoms. The molecule has 0 saturated heterocycles. The summed E-state index contributed by atoms with van der Waals surface area (Å²) in [6.07, 6.45) is 6.67. The van der Waals surface area contributed by atoms with Gasteiger partial charge in [0.05, 0.1) is 5.56 Å². The molecule has 0 atom stereocenters. The van der Waals surface area contributed by atoms with Gasteiger partial charge in [-0.05, 0) is 46.6 Å². The molecule has 1 N–H and O–H groups in total. The van der Waals surface area contributed by atoms with E-state index in [0.29, 0.717) is 11.4 Å². The van der Waals surface area contributed by atoms with Crippen LogP contribution in [0.1, 0.15) is 5.56 Å². The molecule has 5 nitrogen and oxygen atoms in total. The summed E-state index contributed by atoms with van der Waals surface area (Å²) in [5.41, 5.74) is 2.21. The average molecular weight is 331 g/mol. The van der Waals surface area contributed by atoms with Crippen LogP contribution in [0.5, 0.6) is 0 Å². The molecular weight excluding hydrogens is 320 g/mol. The van der Waals surface area contributed by atoms with Gasteiger partial charge in [0, 0.05) is 34.8 Å². The van der Waals surface area contributed by atoms with E-state index >= 15 is 0 Å². The van der Waals surface area contributed by atoms with Crippen LogP contribution in [0.3, 0.4) is 0 Å². The molecule has 0 amide bonds. The minimum atomic E-state index is -0.150. The first-order valence-electron chi connectivity index (χ1n) is 5.99. The second-order valence-electron chi connectivity index (χ2n) is 4.41. The maximum absolute atomic E-state index is 12.4. The summed E-state index contributed by atoms with van der Waals surface area (Å²) in [6, 6.07) is 5.59. The number of aryl methyl sites for hydroxylation is 1. The molecule has 6 heteroatoms. The zero-order chi connectivity index (χ0) is 14.1. The first-order chi connectivity index (χ1) is 9.65. The van der Waals surface area contributed by atoms with Crippen molar-refractivity contribution in [2.24, 2.45) is 0 Å². The van der Waals surface area contributed by atoms with Gasteiger partial charge in [0.1, 0.15) is 0 Å². The molecule has 0 aliphatic carbocycles. The van der Waals surface area contributed by atoms with E-state index in [9.17, 15) is 4.79 Å². The highest BCUT2D eigenvalue weighted by Gasteiger charge is 2.11. The summed E-state index contributed by atoms with van der Waals surface area (Å²) in [5, 5.41) is 2.93. The Labute approximate surface area is 123 Å². The first kappa shape index (κ1) is 12.8. The number of nitrogens with zero attached hydrogens (tertiary/aromatic N) is 3. The highest BCUT2D eigenvalue weighted by molar-refractivity contribution is 9.10. The standard InChI is InChI=1S/C14H11BrN4O/c1-9-2-3-17-13(4-9)19-14(20)12(8-18-19)10-5-11(15)7-16-6-10/h2-8,18H,1H3. The lowest BCUT2D eigenvalue weighted by Crippen LogP contribution is -2.17. The fraction of sp³-hybridized carbons (Fsp3) is 0.0714. The SMILES string of the molecule is Cc1ccnc(-n2[nH]cc(-c3cncc(Br)c3)c2=O)c1. The molecule has 3 heterocycles. The topological polar surface area (TPSA) is 63.6 Å². The van der Waals surface area contributed by atoms with E-state index in [-0.39, 0.29) is 5.56 Å². The molecule has 0 fully saturated rings. The van der Waals surface area contributed by atoms with Crippen molar-refractivity contribution in [1.82, 2.24) is 19.7 Å². The number of pyridine rings is 2. The Hall–Kier alpha value is -2.21. The van der Waals surface area contributed by atoms with Crippen LogP contribution in [0.2, 0.25) is 0 Å². The third-order valence-corrected chi connectivity index (χ3v) is 3.35. The number of aromatic amines is 1.